The molecule has 4 nitrogen and oxygen atoms in total. The van der Waals surface area contributed by atoms with Gasteiger partial charge < -0.3 is 15.2 Å². The summed E-state index contributed by atoms with van der Waals surface area (Å²) in [6, 6.07) is -0.133. The lowest BCUT2D eigenvalue weighted by Gasteiger charge is -2.17. The summed E-state index contributed by atoms with van der Waals surface area (Å²) in [4.78, 5) is 11.6. The van der Waals surface area contributed by atoms with Gasteiger partial charge in [-0.3, -0.25) is 4.79 Å². The minimum atomic E-state index is -0.133. The highest BCUT2D eigenvalue weighted by molar-refractivity contribution is 5.76. The van der Waals surface area contributed by atoms with Crippen LogP contribution in [0.15, 0.2) is 0 Å². The van der Waals surface area contributed by atoms with Crippen molar-refractivity contribution in [1.82, 2.24) is 5.32 Å². The average Bonchev–Trinajstić information content (AvgIpc) is 2.77. The molecule has 4 heteroatoms. The molecule has 86 valence electrons. The summed E-state index contributed by atoms with van der Waals surface area (Å²) in [6.07, 6.45) is 2.08. The Kier molecular flexibility index (Phi) is 3.26. The van der Waals surface area contributed by atoms with Crippen molar-refractivity contribution in [3.8, 4) is 0 Å². The van der Waals surface area contributed by atoms with Gasteiger partial charge in [-0.05, 0) is 44.1 Å². The van der Waals surface area contributed by atoms with Crippen molar-refractivity contribution in [2.75, 3.05) is 19.8 Å². The van der Waals surface area contributed by atoms with Crippen molar-refractivity contribution in [3.05, 3.63) is 0 Å². The first-order valence-corrected chi connectivity index (χ1v) is 5.78. The number of fused-ring (bicyclic) bond motifs is 1. The molecule has 2 fully saturated rings. The summed E-state index contributed by atoms with van der Waals surface area (Å²) in [5.74, 6) is 1.09. The van der Waals surface area contributed by atoms with Gasteiger partial charge in [-0.15, -0.1) is 0 Å². The number of aliphatic hydroxyl groups is 1. The predicted molar refractivity (Wildman–Crippen MR) is 55.2 cm³/mol. The fourth-order valence-electron chi connectivity index (χ4n) is 3.05. The van der Waals surface area contributed by atoms with Crippen LogP contribution >= 0.6 is 0 Å². The summed E-state index contributed by atoms with van der Waals surface area (Å²) in [5, 5.41) is 12.4. The van der Waals surface area contributed by atoms with Crippen molar-refractivity contribution in [2.24, 2.45) is 17.8 Å². The fourth-order valence-corrected chi connectivity index (χ4v) is 3.05. The molecule has 4 atom stereocenters. The van der Waals surface area contributed by atoms with Crippen LogP contribution in [0.3, 0.4) is 0 Å². The molecule has 2 aliphatic rings. The van der Waals surface area contributed by atoms with E-state index in [0.29, 0.717) is 24.4 Å². The van der Waals surface area contributed by atoms with Gasteiger partial charge >= 0.3 is 5.97 Å². The van der Waals surface area contributed by atoms with E-state index in [1.807, 2.05) is 6.92 Å². The van der Waals surface area contributed by atoms with Gasteiger partial charge in [0.1, 0.15) is 6.04 Å². The van der Waals surface area contributed by atoms with Gasteiger partial charge in [0, 0.05) is 6.61 Å². The number of hydrogen-bond donors (Lipinski definition) is 2. The van der Waals surface area contributed by atoms with Crippen molar-refractivity contribution in [3.63, 3.8) is 0 Å². The molecule has 0 aromatic carbocycles. The zero-order chi connectivity index (χ0) is 10.8. The maximum absolute atomic E-state index is 11.6. The lowest BCUT2D eigenvalue weighted by molar-refractivity contribution is -0.146. The number of carbonyl (C=O) groups excluding carboxylic acids is 1. The zero-order valence-corrected chi connectivity index (χ0v) is 9.11. The van der Waals surface area contributed by atoms with Crippen LogP contribution < -0.4 is 5.32 Å². The van der Waals surface area contributed by atoms with Crippen LogP contribution in [0.4, 0.5) is 0 Å². The number of hydrogen-bond acceptors (Lipinski definition) is 4. The number of aliphatic hydroxyl groups excluding tert-OH is 1. The average molecular weight is 213 g/mol. The number of carbonyl (C=O) groups is 1. The Labute approximate surface area is 90.0 Å². The van der Waals surface area contributed by atoms with Gasteiger partial charge in [0.25, 0.3) is 0 Å². The van der Waals surface area contributed by atoms with Gasteiger partial charge in [-0.25, -0.2) is 0 Å². The molecule has 0 aromatic heterocycles. The lowest BCUT2D eigenvalue weighted by Crippen LogP contribution is -2.37. The van der Waals surface area contributed by atoms with Crippen LogP contribution in [0.2, 0.25) is 0 Å². The molecule has 1 heterocycles. The van der Waals surface area contributed by atoms with E-state index in [-0.39, 0.29) is 18.6 Å². The summed E-state index contributed by atoms with van der Waals surface area (Å²) < 4.78 is 5.04. The first-order valence-electron chi connectivity index (χ1n) is 5.78. The van der Waals surface area contributed by atoms with E-state index in [2.05, 4.69) is 5.32 Å². The Morgan fingerprint density at radius 1 is 1.47 bits per heavy atom. The van der Waals surface area contributed by atoms with E-state index < -0.39 is 0 Å². The van der Waals surface area contributed by atoms with Crippen LogP contribution in [-0.4, -0.2) is 36.9 Å². The Morgan fingerprint density at radius 3 is 2.93 bits per heavy atom. The SMILES string of the molecule is CCOC(=O)[C@H]1NC[C@@H]2C(CO)CC[C@H]12. The summed E-state index contributed by atoms with van der Waals surface area (Å²) in [5.41, 5.74) is 0. The Bertz CT molecular complexity index is 244. The second-order valence-corrected chi connectivity index (χ2v) is 4.49. The summed E-state index contributed by atoms with van der Waals surface area (Å²) in [6.45, 7) is 3.37. The summed E-state index contributed by atoms with van der Waals surface area (Å²) >= 11 is 0. The molecule has 1 saturated heterocycles. The van der Waals surface area contributed by atoms with Crippen LogP contribution in [0.5, 0.6) is 0 Å². The third-order valence-corrected chi connectivity index (χ3v) is 3.80. The molecular formula is C11H19NO3. The second kappa shape index (κ2) is 4.49. The molecule has 15 heavy (non-hydrogen) atoms. The maximum atomic E-state index is 11.6. The van der Waals surface area contributed by atoms with E-state index in [1.165, 1.54) is 0 Å². The van der Waals surface area contributed by atoms with Crippen LogP contribution in [0.25, 0.3) is 0 Å². The largest absolute Gasteiger partial charge is 0.465 e. The van der Waals surface area contributed by atoms with Crippen LogP contribution in [0, 0.1) is 17.8 Å². The molecule has 0 aromatic rings. The third kappa shape index (κ3) is 1.88. The highest BCUT2D eigenvalue weighted by Crippen LogP contribution is 2.42. The van der Waals surface area contributed by atoms with Crippen molar-refractivity contribution in [2.45, 2.75) is 25.8 Å². The number of nitrogens with one attached hydrogen (secondary N) is 1. The lowest BCUT2D eigenvalue weighted by atomic mass is 9.89. The van der Waals surface area contributed by atoms with E-state index in [0.717, 1.165) is 19.4 Å². The highest BCUT2D eigenvalue weighted by Gasteiger charge is 2.47. The molecule has 1 unspecified atom stereocenters. The first-order chi connectivity index (χ1) is 7.27. The van der Waals surface area contributed by atoms with E-state index in [1.54, 1.807) is 0 Å². The Morgan fingerprint density at radius 2 is 2.27 bits per heavy atom. The quantitative estimate of drug-likeness (QED) is 0.655. The van der Waals surface area contributed by atoms with E-state index in [9.17, 15) is 9.90 Å². The maximum Gasteiger partial charge on any atom is 0.323 e. The minimum Gasteiger partial charge on any atom is -0.465 e. The standard InChI is InChI=1S/C11H19NO3/c1-2-15-11(14)10-8-4-3-7(6-13)9(8)5-12-10/h7-10,12-13H,2-6H2,1H3/t7?,8-,9+,10-/m0/s1. The molecule has 1 saturated carbocycles. The Balaban J connectivity index is 1.98. The predicted octanol–water partition coefficient (Wildman–Crippen LogP) is 0.156. The van der Waals surface area contributed by atoms with Gasteiger partial charge in [-0.1, -0.05) is 0 Å². The molecule has 0 radical (unpaired) electrons. The monoisotopic (exact) mass is 213 g/mol. The van der Waals surface area contributed by atoms with Crippen LogP contribution in [0.1, 0.15) is 19.8 Å². The third-order valence-electron chi connectivity index (χ3n) is 3.80. The number of esters is 1. The smallest absolute Gasteiger partial charge is 0.323 e. The molecule has 0 spiro atoms. The van der Waals surface area contributed by atoms with Crippen molar-refractivity contribution in [1.29, 1.82) is 0 Å². The normalized spacial score (nSPS) is 39.1. The number of rotatable bonds is 3. The zero-order valence-electron chi connectivity index (χ0n) is 9.11. The molecule has 2 rings (SSSR count). The fraction of sp³-hybridized carbons (Fsp3) is 0.909. The molecular weight excluding hydrogens is 194 g/mol. The minimum absolute atomic E-state index is 0.122. The van der Waals surface area contributed by atoms with E-state index in [4.69, 9.17) is 4.74 Å². The van der Waals surface area contributed by atoms with E-state index >= 15 is 0 Å². The first kappa shape index (κ1) is 10.9. The van der Waals surface area contributed by atoms with Gasteiger partial charge in [0.05, 0.1) is 6.61 Å². The van der Waals surface area contributed by atoms with Gasteiger partial charge in [0.15, 0.2) is 0 Å². The highest BCUT2D eigenvalue weighted by atomic mass is 16.5. The van der Waals surface area contributed by atoms with Gasteiger partial charge in [-0.2, -0.15) is 0 Å². The molecule has 0 bridgehead atoms. The Hall–Kier alpha value is -0.610. The molecule has 0 amide bonds. The number of ether oxygens (including phenoxy) is 1. The molecule has 2 N–H and O–H groups in total. The van der Waals surface area contributed by atoms with Gasteiger partial charge in [0.2, 0.25) is 0 Å². The second-order valence-electron chi connectivity index (χ2n) is 4.49. The molecule has 1 aliphatic heterocycles. The topological polar surface area (TPSA) is 58.6 Å². The van der Waals surface area contributed by atoms with Crippen LogP contribution in [-0.2, 0) is 9.53 Å². The van der Waals surface area contributed by atoms with Crippen molar-refractivity contribution < 1.29 is 14.6 Å². The van der Waals surface area contributed by atoms with Crippen molar-refractivity contribution >= 4 is 5.97 Å². The summed E-state index contributed by atoms with van der Waals surface area (Å²) in [7, 11) is 0. The molecule has 1 aliphatic carbocycles.